The molecule has 0 fully saturated rings. The van der Waals surface area contributed by atoms with Gasteiger partial charge in [-0.15, -0.1) is 0 Å². The maximum Gasteiger partial charge on any atom is 0.425 e. The highest BCUT2D eigenvalue weighted by molar-refractivity contribution is 5.94. The fourth-order valence-electron chi connectivity index (χ4n) is 3.24. The molecule has 0 amide bonds. The van der Waals surface area contributed by atoms with E-state index >= 15 is 0 Å². The molecule has 1 aliphatic rings. The van der Waals surface area contributed by atoms with E-state index in [0.29, 0.717) is 28.4 Å². The molecule has 4 rings (SSSR count). The van der Waals surface area contributed by atoms with Crippen molar-refractivity contribution in [1.82, 2.24) is 9.55 Å². The number of halogens is 3. The van der Waals surface area contributed by atoms with E-state index < -0.39 is 24.3 Å². The molecule has 0 bridgehead atoms. The van der Waals surface area contributed by atoms with Crippen LogP contribution in [0.5, 0.6) is 0 Å². The lowest BCUT2D eigenvalue weighted by Crippen LogP contribution is -2.35. The average Bonchev–Trinajstić information content (AvgIpc) is 3.27. The molecule has 9 heteroatoms. The first-order chi connectivity index (χ1) is 13.3. The summed E-state index contributed by atoms with van der Waals surface area (Å²) in [6.07, 6.45) is -5.45. The summed E-state index contributed by atoms with van der Waals surface area (Å²) in [5.41, 5.74) is 1.76. The second kappa shape index (κ2) is 6.43. The molecule has 1 aliphatic heterocycles. The second-order valence-electron chi connectivity index (χ2n) is 6.46. The number of fused-ring (bicyclic) bond motifs is 3. The molecule has 0 saturated carbocycles. The van der Waals surface area contributed by atoms with Crippen LogP contribution in [0.25, 0.3) is 11.0 Å². The van der Waals surface area contributed by atoms with E-state index in [2.05, 4.69) is 10.3 Å². The van der Waals surface area contributed by atoms with Crippen molar-refractivity contribution in [2.45, 2.75) is 32.2 Å². The maximum absolute atomic E-state index is 12.9. The number of para-hydroxylation sites is 2. The van der Waals surface area contributed by atoms with Crippen LogP contribution in [-0.4, -0.2) is 27.8 Å². The van der Waals surface area contributed by atoms with Crippen LogP contribution in [0.15, 0.2) is 58.3 Å². The van der Waals surface area contributed by atoms with Crippen molar-refractivity contribution in [1.29, 1.82) is 0 Å². The van der Waals surface area contributed by atoms with Crippen LogP contribution in [0.1, 0.15) is 25.6 Å². The number of benzene rings is 1. The number of hydrogen-bond donors (Lipinski definition) is 1. The number of furan rings is 1. The number of nitrogens with one attached hydrogen (secondary N) is 1. The van der Waals surface area contributed by atoms with E-state index in [1.54, 1.807) is 29.7 Å². The number of alkyl halides is 3. The Morgan fingerprint density at radius 3 is 2.71 bits per heavy atom. The quantitative estimate of drug-likeness (QED) is 0.670. The van der Waals surface area contributed by atoms with Crippen molar-refractivity contribution >= 4 is 23.0 Å². The number of esters is 1. The normalized spacial score (nSPS) is 18.0. The highest BCUT2D eigenvalue weighted by Crippen LogP contribution is 2.40. The number of nitrogens with zero attached hydrogens (tertiary/aromatic N) is 2. The summed E-state index contributed by atoms with van der Waals surface area (Å²) in [6, 6.07) is 9.74. The first-order valence-corrected chi connectivity index (χ1v) is 8.53. The number of carbonyl (C=O) groups is 1. The highest BCUT2D eigenvalue weighted by Gasteiger charge is 2.42. The molecule has 3 heterocycles. The van der Waals surface area contributed by atoms with Gasteiger partial charge in [0.2, 0.25) is 5.95 Å². The van der Waals surface area contributed by atoms with Gasteiger partial charge in [0.1, 0.15) is 11.8 Å². The molecule has 0 aliphatic carbocycles. The molecule has 28 heavy (non-hydrogen) atoms. The first-order valence-electron chi connectivity index (χ1n) is 8.53. The van der Waals surface area contributed by atoms with Gasteiger partial charge >= 0.3 is 12.1 Å². The number of carbonyl (C=O) groups excluding carboxylic acids is 1. The van der Waals surface area contributed by atoms with Crippen LogP contribution in [0.4, 0.5) is 19.1 Å². The molecule has 0 spiro atoms. The summed E-state index contributed by atoms with van der Waals surface area (Å²) in [7, 11) is 0. The van der Waals surface area contributed by atoms with Gasteiger partial charge in [0.05, 0.1) is 22.9 Å². The van der Waals surface area contributed by atoms with E-state index in [4.69, 9.17) is 9.15 Å². The summed E-state index contributed by atoms with van der Waals surface area (Å²) in [5, 5.41) is 2.99. The predicted octanol–water partition coefficient (Wildman–Crippen LogP) is 4.41. The van der Waals surface area contributed by atoms with Crippen LogP contribution in [0, 0.1) is 0 Å². The smallest absolute Gasteiger partial charge is 0.425 e. The zero-order chi connectivity index (χ0) is 20.1. The monoisotopic (exact) mass is 391 g/mol. The van der Waals surface area contributed by atoms with Gasteiger partial charge in [0.25, 0.3) is 0 Å². The third-order valence-electron chi connectivity index (χ3n) is 4.61. The Balaban J connectivity index is 1.84. The molecule has 1 N–H and O–H groups in total. The number of rotatable bonds is 3. The number of anilines is 1. The predicted molar refractivity (Wildman–Crippen MR) is 94.5 cm³/mol. The topological polar surface area (TPSA) is 69.3 Å². The molecular weight excluding hydrogens is 375 g/mol. The molecule has 2 atom stereocenters. The van der Waals surface area contributed by atoms with Gasteiger partial charge in [0, 0.05) is 5.70 Å². The minimum atomic E-state index is -4.65. The van der Waals surface area contributed by atoms with Gasteiger partial charge in [-0.05, 0) is 38.1 Å². The zero-order valence-electron chi connectivity index (χ0n) is 14.9. The van der Waals surface area contributed by atoms with Crippen LogP contribution in [0.2, 0.25) is 0 Å². The molecule has 3 aromatic rings. The maximum atomic E-state index is 12.9. The minimum Gasteiger partial charge on any atom is -0.467 e. The Hall–Kier alpha value is -3.23. The third kappa shape index (κ3) is 2.92. The number of aromatic nitrogens is 2. The largest absolute Gasteiger partial charge is 0.467 e. The Morgan fingerprint density at radius 2 is 2.04 bits per heavy atom. The number of hydrogen-bond acceptors (Lipinski definition) is 5. The number of allylic oxidation sites excluding steroid dienone is 1. The summed E-state index contributed by atoms with van der Waals surface area (Å²) in [5.74, 6) is -0.225. The summed E-state index contributed by atoms with van der Waals surface area (Å²) >= 11 is 0. The van der Waals surface area contributed by atoms with Crippen molar-refractivity contribution in [3.8, 4) is 0 Å². The lowest BCUT2D eigenvalue weighted by Gasteiger charge is -2.29. The Morgan fingerprint density at radius 1 is 1.29 bits per heavy atom. The Kier molecular flexibility index (Phi) is 4.17. The van der Waals surface area contributed by atoms with Crippen molar-refractivity contribution in [2.24, 2.45) is 0 Å². The van der Waals surface area contributed by atoms with Gasteiger partial charge in [-0.25, -0.2) is 9.78 Å². The van der Waals surface area contributed by atoms with Gasteiger partial charge in [0.15, 0.2) is 6.10 Å². The Labute approximate surface area is 157 Å². The minimum absolute atomic E-state index is 0.0294. The van der Waals surface area contributed by atoms with Gasteiger partial charge < -0.3 is 14.5 Å². The van der Waals surface area contributed by atoms with Crippen molar-refractivity contribution < 1.29 is 27.1 Å². The van der Waals surface area contributed by atoms with Crippen molar-refractivity contribution in [3.63, 3.8) is 0 Å². The van der Waals surface area contributed by atoms with Crippen LogP contribution >= 0.6 is 0 Å². The first kappa shape index (κ1) is 18.1. The number of ether oxygens (including phenoxy) is 1. The Bertz CT molecular complexity index is 1070. The molecule has 146 valence electrons. The SMILES string of the molecule is CC1=C(C(=O)O[C@H](C)C(F)(F)F)C(c2ccco2)n2c(nc3ccccc32)N1. The molecule has 0 radical (unpaired) electrons. The lowest BCUT2D eigenvalue weighted by atomic mass is 10.00. The standard InChI is InChI=1S/C19H16F3N3O3/c1-10-15(17(26)28-11(2)19(20,21)22)16(14-8-5-9-27-14)25-13-7-4-3-6-12(13)24-18(25)23-10/h3-9,11,16H,1-2H3,(H,23,24)/t11-,16?/m1/s1. The fourth-order valence-corrected chi connectivity index (χ4v) is 3.24. The lowest BCUT2D eigenvalue weighted by molar-refractivity contribution is -0.214. The van der Waals surface area contributed by atoms with Crippen LogP contribution in [-0.2, 0) is 9.53 Å². The summed E-state index contributed by atoms with van der Waals surface area (Å²) in [4.78, 5) is 17.2. The molecular formula is C19H16F3N3O3. The van der Waals surface area contributed by atoms with E-state index in [-0.39, 0.29) is 5.57 Å². The molecule has 1 aromatic carbocycles. The van der Waals surface area contributed by atoms with E-state index in [0.717, 1.165) is 6.92 Å². The van der Waals surface area contributed by atoms with Gasteiger partial charge in [-0.1, -0.05) is 12.1 Å². The van der Waals surface area contributed by atoms with Crippen molar-refractivity contribution in [3.05, 3.63) is 59.7 Å². The summed E-state index contributed by atoms with van der Waals surface area (Å²) in [6.45, 7) is 2.39. The third-order valence-corrected chi connectivity index (χ3v) is 4.61. The van der Waals surface area contributed by atoms with Crippen molar-refractivity contribution in [2.75, 3.05) is 5.32 Å². The number of imidazole rings is 1. The fraction of sp³-hybridized carbons (Fsp3) is 0.263. The van der Waals surface area contributed by atoms with Crippen LogP contribution in [0.3, 0.4) is 0 Å². The highest BCUT2D eigenvalue weighted by atomic mass is 19.4. The van der Waals surface area contributed by atoms with Crippen LogP contribution < -0.4 is 5.32 Å². The molecule has 1 unspecified atom stereocenters. The van der Waals surface area contributed by atoms with E-state index in [1.165, 1.54) is 6.26 Å². The van der Waals surface area contributed by atoms with Gasteiger partial charge in [-0.3, -0.25) is 4.57 Å². The molecule has 0 saturated heterocycles. The second-order valence-corrected chi connectivity index (χ2v) is 6.46. The van der Waals surface area contributed by atoms with Gasteiger partial charge in [-0.2, -0.15) is 13.2 Å². The van der Waals surface area contributed by atoms with E-state index in [9.17, 15) is 18.0 Å². The molecule has 6 nitrogen and oxygen atoms in total. The molecule has 2 aromatic heterocycles. The zero-order valence-corrected chi connectivity index (χ0v) is 14.9. The van der Waals surface area contributed by atoms with E-state index in [1.807, 2.05) is 18.2 Å². The average molecular weight is 391 g/mol. The summed E-state index contributed by atoms with van der Waals surface area (Å²) < 4.78 is 50.6.